The topological polar surface area (TPSA) is 74.6 Å². The number of imide groups is 1. The molecule has 0 saturated carbocycles. The number of nitrogens with one attached hydrogen (secondary N) is 2. The molecule has 6 heteroatoms. The molecule has 1 fully saturated rings. The van der Waals surface area contributed by atoms with Crippen LogP contribution in [-0.4, -0.2) is 49.4 Å². The molecule has 2 N–H and O–H groups in total. The number of carbonyl (C=O) groups is 2. The van der Waals surface area contributed by atoms with E-state index in [1.165, 1.54) is 18.8 Å². The Balaban J connectivity index is 1.72. The standard InChI is InChI=1S/C13H19N3O3/c1-16(8-10-4-2-6-14-10)9-12(17)15-13(18)11-5-3-7-19-11/h3,5,7,10,14H,2,4,6,8-9H2,1H3,(H,15,17,18). The van der Waals surface area contributed by atoms with Crippen LogP contribution in [0.2, 0.25) is 0 Å². The molecule has 1 unspecified atom stereocenters. The normalized spacial score (nSPS) is 18.7. The largest absolute Gasteiger partial charge is 0.459 e. The first-order chi connectivity index (χ1) is 9.15. The second kappa shape index (κ2) is 6.49. The third-order valence-electron chi connectivity index (χ3n) is 3.11. The Morgan fingerprint density at radius 1 is 1.58 bits per heavy atom. The lowest BCUT2D eigenvalue weighted by Crippen LogP contribution is -2.42. The summed E-state index contributed by atoms with van der Waals surface area (Å²) in [4.78, 5) is 25.2. The number of rotatable bonds is 5. The van der Waals surface area contributed by atoms with E-state index in [2.05, 4.69) is 10.6 Å². The Kier molecular flexibility index (Phi) is 4.70. The lowest BCUT2D eigenvalue weighted by molar-refractivity contribution is -0.121. The van der Waals surface area contributed by atoms with Crippen LogP contribution in [0.5, 0.6) is 0 Å². The SMILES string of the molecule is CN(CC(=O)NC(=O)c1ccco1)CC1CCCN1. The molecule has 0 aromatic carbocycles. The molecule has 0 aliphatic carbocycles. The molecule has 1 aliphatic heterocycles. The van der Waals surface area contributed by atoms with E-state index in [0.717, 1.165) is 19.5 Å². The van der Waals surface area contributed by atoms with Gasteiger partial charge in [-0.05, 0) is 38.6 Å². The van der Waals surface area contributed by atoms with Gasteiger partial charge in [-0.1, -0.05) is 0 Å². The van der Waals surface area contributed by atoms with Gasteiger partial charge in [0.1, 0.15) is 0 Å². The Bertz CT molecular complexity index is 424. The molecule has 1 aliphatic rings. The number of furan rings is 1. The van der Waals surface area contributed by atoms with Crippen molar-refractivity contribution in [2.24, 2.45) is 0 Å². The third-order valence-corrected chi connectivity index (χ3v) is 3.11. The summed E-state index contributed by atoms with van der Waals surface area (Å²) in [5.41, 5.74) is 0. The molecule has 6 nitrogen and oxygen atoms in total. The molecule has 2 rings (SSSR count). The second-order valence-corrected chi connectivity index (χ2v) is 4.84. The first kappa shape index (κ1) is 13.8. The van der Waals surface area contributed by atoms with Gasteiger partial charge in [-0.15, -0.1) is 0 Å². The summed E-state index contributed by atoms with van der Waals surface area (Å²) in [6.45, 7) is 2.05. The van der Waals surface area contributed by atoms with Crippen molar-refractivity contribution in [3.05, 3.63) is 24.2 Å². The number of carbonyl (C=O) groups excluding carboxylic acids is 2. The average molecular weight is 265 g/mol. The van der Waals surface area contributed by atoms with Gasteiger partial charge < -0.3 is 9.73 Å². The predicted molar refractivity (Wildman–Crippen MR) is 69.7 cm³/mol. The maximum absolute atomic E-state index is 11.7. The zero-order chi connectivity index (χ0) is 13.7. The van der Waals surface area contributed by atoms with Crippen molar-refractivity contribution in [1.29, 1.82) is 0 Å². The summed E-state index contributed by atoms with van der Waals surface area (Å²) in [5.74, 6) is -0.669. The zero-order valence-electron chi connectivity index (χ0n) is 11.0. The fourth-order valence-corrected chi connectivity index (χ4v) is 2.23. The summed E-state index contributed by atoms with van der Waals surface area (Å²) >= 11 is 0. The van der Waals surface area contributed by atoms with E-state index in [-0.39, 0.29) is 18.2 Å². The van der Waals surface area contributed by atoms with Crippen molar-refractivity contribution in [2.75, 3.05) is 26.7 Å². The maximum atomic E-state index is 11.7. The first-order valence-electron chi connectivity index (χ1n) is 6.45. The molecule has 2 heterocycles. The van der Waals surface area contributed by atoms with E-state index in [0.29, 0.717) is 6.04 Å². The van der Waals surface area contributed by atoms with Crippen LogP contribution in [0.3, 0.4) is 0 Å². The van der Waals surface area contributed by atoms with Crippen molar-refractivity contribution < 1.29 is 14.0 Å². The quantitative estimate of drug-likeness (QED) is 0.796. The summed E-state index contributed by atoms with van der Waals surface area (Å²) in [7, 11) is 1.87. The van der Waals surface area contributed by atoms with Crippen molar-refractivity contribution in [3.8, 4) is 0 Å². The van der Waals surface area contributed by atoms with E-state index in [1.54, 1.807) is 6.07 Å². The minimum atomic E-state index is -0.498. The highest BCUT2D eigenvalue weighted by molar-refractivity contribution is 6.03. The summed E-state index contributed by atoms with van der Waals surface area (Å²) in [6.07, 6.45) is 3.72. The second-order valence-electron chi connectivity index (χ2n) is 4.84. The number of nitrogens with zero attached hydrogens (tertiary/aromatic N) is 1. The van der Waals surface area contributed by atoms with E-state index in [1.807, 2.05) is 11.9 Å². The molecule has 0 spiro atoms. The molecule has 0 bridgehead atoms. The molecular weight excluding hydrogens is 246 g/mol. The highest BCUT2D eigenvalue weighted by Gasteiger charge is 2.18. The van der Waals surface area contributed by atoms with E-state index in [9.17, 15) is 9.59 Å². The first-order valence-corrected chi connectivity index (χ1v) is 6.45. The van der Waals surface area contributed by atoms with Gasteiger partial charge in [-0.3, -0.25) is 19.8 Å². The van der Waals surface area contributed by atoms with Crippen LogP contribution in [0, 0.1) is 0 Å². The number of amides is 2. The lowest BCUT2D eigenvalue weighted by Gasteiger charge is -2.20. The highest BCUT2D eigenvalue weighted by atomic mass is 16.3. The van der Waals surface area contributed by atoms with Crippen LogP contribution in [0.4, 0.5) is 0 Å². The Morgan fingerprint density at radius 2 is 2.42 bits per heavy atom. The van der Waals surface area contributed by atoms with E-state index in [4.69, 9.17) is 4.42 Å². The van der Waals surface area contributed by atoms with Gasteiger partial charge in [0.15, 0.2) is 5.76 Å². The molecule has 104 valence electrons. The Labute approximate surface area is 112 Å². The van der Waals surface area contributed by atoms with E-state index < -0.39 is 5.91 Å². The van der Waals surface area contributed by atoms with Crippen LogP contribution >= 0.6 is 0 Å². The fourth-order valence-electron chi connectivity index (χ4n) is 2.23. The summed E-state index contributed by atoms with van der Waals surface area (Å²) in [6, 6.07) is 3.57. The summed E-state index contributed by atoms with van der Waals surface area (Å²) in [5, 5.41) is 5.67. The van der Waals surface area contributed by atoms with E-state index >= 15 is 0 Å². The van der Waals surface area contributed by atoms with Crippen molar-refractivity contribution >= 4 is 11.8 Å². The van der Waals surface area contributed by atoms with Crippen LogP contribution in [-0.2, 0) is 4.79 Å². The highest BCUT2D eigenvalue weighted by Crippen LogP contribution is 2.05. The number of hydrogen-bond acceptors (Lipinski definition) is 5. The van der Waals surface area contributed by atoms with Gasteiger partial charge in [0.25, 0.3) is 5.91 Å². The number of hydrogen-bond donors (Lipinski definition) is 2. The van der Waals surface area contributed by atoms with Gasteiger partial charge in [-0.2, -0.15) is 0 Å². The van der Waals surface area contributed by atoms with Crippen molar-refractivity contribution in [3.63, 3.8) is 0 Å². The maximum Gasteiger partial charge on any atom is 0.293 e. The number of likely N-dealkylation sites (N-methyl/N-ethyl adjacent to an activating group) is 1. The minimum absolute atomic E-state index is 0.147. The molecular formula is C13H19N3O3. The van der Waals surface area contributed by atoms with Crippen molar-refractivity contribution in [2.45, 2.75) is 18.9 Å². The Morgan fingerprint density at radius 3 is 3.05 bits per heavy atom. The van der Waals surface area contributed by atoms with Crippen LogP contribution < -0.4 is 10.6 Å². The molecule has 1 aromatic rings. The monoisotopic (exact) mass is 265 g/mol. The van der Waals surface area contributed by atoms with Gasteiger partial charge in [0.2, 0.25) is 5.91 Å². The molecule has 0 radical (unpaired) electrons. The average Bonchev–Trinajstić information content (AvgIpc) is 3.00. The Hall–Kier alpha value is -1.66. The minimum Gasteiger partial charge on any atom is -0.459 e. The summed E-state index contributed by atoms with van der Waals surface area (Å²) < 4.78 is 4.92. The zero-order valence-corrected chi connectivity index (χ0v) is 11.0. The van der Waals surface area contributed by atoms with Crippen LogP contribution in [0.1, 0.15) is 23.4 Å². The molecule has 2 amide bonds. The van der Waals surface area contributed by atoms with Gasteiger partial charge in [0.05, 0.1) is 12.8 Å². The third kappa shape index (κ3) is 4.18. The predicted octanol–water partition coefficient (Wildman–Crippen LogP) is 0.220. The van der Waals surface area contributed by atoms with Gasteiger partial charge in [0, 0.05) is 12.6 Å². The molecule has 1 atom stereocenters. The fraction of sp³-hybridized carbons (Fsp3) is 0.538. The molecule has 1 saturated heterocycles. The molecule has 19 heavy (non-hydrogen) atoms. The van der Waals surface area contributed by atoms with Gasteiger partial charge >= 0.3 is 0 Å². The van der Waals surface area contributed by atoms with Gasteiger partial charge in [-0.25, -0.2) is 0 Å². The van der Waals surface area contributed by atoms with Crippen molar-refractivity contribution in [1.82, 2.24) is 15.5 Å². The van der Waals surface area contributed by atoms with Crippen LogP contribution in [0.25, 0.3) is 0 Å². The smallest absolute Gasteiger partial charge is 0.293 e. The van der Waals surface area contributed by atoms with Crippen LogP contribution in [0.15, 0.2) is 22.8 Å². The lowest BCUT2D eigenvalue weighted by atomic mass is 10.2. The molecule has 1 aromatic heterocycles.